The smallest absolute Gasteiger partial charge is 0.141 e. The highest BCUT2D eigenvalue weighted by molar-refractivity contribution is 9.10. The molecule has 2 heterocycles. The third-order valence-electron chi connectivity index (χ3n) is 2.81. The Morgan fingerprint density at radius 1 is 1.37 bits per heavy atom. The molecule has 2 rings (SSSR count). The van der Waals surface area contributed by atoms with E-state index >= 15 is 0 Å². The van der Waals surface area contributed by atoms with E-state index in [1.165, 1.54) is 0 Å². The van der Waals surface area contributed by atoms with Crippen molar-refractivity contribution in [2.24, 2.45) is 5.84 Å². The Labute approximate surface area is 120 Å². The normalized spacial score (nSPS) is 12.2. The van der Waals surface area contributed by atoms with Crippen LogP contribution in [0.5, 0.6) is 5.75 Å². The largest absolute Gasteiger partial charge is 0.495 e. The van der Waals surface area contributed by atoms with Crippen molar-refractivity contribution in [1.82, 2.24) is 15.4 Å². The molecule has 0 aliphatic heterocycles. The molecule has 0 saturated carbocycles. The fourth-order valence-electron chi connectivity index (χ4n) is 1.91. The summed E-state index contributed by atoms with van der Waals surface area (Å²) < 4.78 is 6.25. The molecule has 0 fully saturated rings. The molecule has 1 unspecified atom stereocenters. The van der Waals surface area contributed by atoms with Crippen LogP contribution in [0.4, 0.5) is 0 Å². The molecule has 0 spiro atoms. The molecule has 2 aromatic rings. The van der Waals surface area contributed by atoms with Crippen molar-refractivity contribution in [3.05, 3.63) is 52.5 Å². The highest BCUT2D eigenvalue weighted by Gasteiger charge is 2.15. The van der Waals surface area contributed by atoms with Gasteiger partial charge in [0.15, 0.2) is 0 Å². The fourth-order valence-corrected chi connectivity index (χ4v) is 2.32. The monoisotopic (exact) mass is 322 g/mol. The van der Waals surface area contributed by atoms with Gasteiger partial charge in [-0.2, -0.15) is 0 Å². The van der Waals surface area contributed by atoms with Crippen molar-refractivity contribution < 1.29 is 4.74 Å². The lowest BCUT2D eigenvalue weighted by Gasteiger charge is -2.18. The Morgan fingerprint density at radius 2 is 2.21 bits per heavy atom. The van der Waals surface area contributed by atoms with Crippen LogP contribution in [-0.4, -0.2) is 17.1 Å². The molecule has 19 heavy (non-hydrogen) atoms. The van der Waals surface area contributed by atoms with Crippen LogP contribution in [-0.2, 0) is 6.42 Å². The quantitative estimate of drug-likeness (QED) is 0.650. The van der Waals surface area contributed by atoms with Crippen molar-refractivity contribution >= 4 is 15.9 Å². The number of halogens is 1. The molecule has 0 aliphatic carbocycles. The first-order valence-electron chi connectivity index (χ1n) is 5.78. The topological polar surface area (TPSA) is 73.1 Å². The van der Waals surface area contributed by atoms with Gasteiger partial charge in [-0.3, -0.25) is 21.2 Å². The molecule has 1 atom stereocenters. The summed E-state index contributed by atoms with van der Waals surface area (Å²) in [6, 6.07) is 3.86. The van der Waals surface area contributed by atoms with Crippen molar-refractivity contribution in [2.75, 3.05) is 7.11 Å². The first-order valence-corrected chi connectivity index (χ1v) is 6.57. The third-order valence-corrected chi connectivity index (χ3v) is 3.25. The third kappa shape index (κ3) is 3.50. The van der Waals surface area contributed by atoms with Gasteiger partial charge in [-0.15, -0.1) is 0 Å². The summed E-state index contributed by atoms with van der Waals surface area (Å²) in [7, 11) is 1.62. The van der Waals surface area contributed by atoms with E-state index in [0.29, 0.717) is 12.2 Å². The minimum atomic E-state index is -0.0611. The van der Waals surface area contributed by atoms with E-state index in [1.807, 2.05) is 18.3 Å². The van der Waals surface area contributed by atoms with Gasteiger partial charge < -0.3 is 4.74 Å². The van der Waals surface area contributed by atoms with Gasteiger partial charge in [0.25, 0.3) is 0 Å². The highest BCUT2D eigenvalue weighted by Crippen LogP contribution is 2.26. The number of methoxy groups -OCH3 is 1. The average molecular weight is 323 g/mol. The van der Waals surface area contributed by atoms with Crippen molar-refractivity contribution in [2.45, 2.75) is 12.5 Å². The molecule has 5 nitrogen and oxygen atoms in total. The summed E-state index contributed by atoms with van der Waals surface area (Å²) in [6.45, 7) is 0. The highest BCUT2D eigenvalue weighted by atomic mass is 79.9. The summed E-state index contributed by atoms with van der Waals surface area (Å²) in [4.78, 5) is 8.19. The van der Waals surface area contributed by atoms with Crippen LogP contribution in [0, 0.1) is 0 Å². The fraction of sp³-hybridized carbons (Fsp3) is 0.231. The number of ether oxygens (including phenoxy) is 1. The number of nitrogens with two attached hydrogens (primary N) is 1. The Kier molecular flexibility index (Phi) is 4.84. The van der Waals surface area contributed by atoms with Crippen LogP contribution >= 0.6 is 15.9 Å². The number of pyridine rings is 2. The first-order chi connectivity index (χ1) is 9.24. The molecule has 0 saturated heterocycles. The number of hydrogen-bond acceptors (Lipinski definition) is 5. The van der Waals surface area contributed by atoms with Gasteiger partial charge in [0.05, 0.1) is 19.3 Å². The van der Waals surface area contributed by atoms with Crippen LogP contribution in [0.15, 0.2) is 41.4 Å². The maximum Gasteiger partial charge on any atom is 0.141 e. The number of aromatic nitrogens is 2. The van der Waals surface area contributed by atoms with Gasteiger partial charge in [-0.25, -0.2) is 0 Å². The van der Waals surface area contributed by atoms with E-state index in [4.69, 9.17) is 10.6 Å². The van der Waals surface area contributed by atoms with Gasteiger partial charge in [-0.1, -0.05) is 0 Å². The van der Waals surface area contributed by atoms with Crippen molar-refractivity contribution in [1.29, 1.82) is 0 Å². The summed E-state index contributed by atoms with van der Waals surface area (Å²) in [5, 5.41) is 0. The molecule has 100 valence electrons. The van der Waals surface area contributed by atoms with Crippen molar-refractivity contribution in [3.8, 4) is 5.75 Å². The predicted octanol–water partition coefficient (Wildman–Crippen LogP) is 1.99. The van der Waals surface area contributed by atoms with E-state index in [1.54, 1.807) is 25.7 Å². The molecule has 0 radical (unpaired) electrons. The Bertz CT molecular complexity index is 550. The standard InChI is InChI=1S/C13H15BrN4O/c1-19-13-8-16-3-2-11(13)12(18-15)5-9-4-10(14)7-17-6-9/h2-4,6-8,12,18H,5,15H2,1H3. The molecular formula is C13H15BrN4O. The van der Waals surface area contributed by atoms with Crippen LogP contribution < -0.4 is 16.0 Å². The molecule has 2 aromatic heterocycles. The number of rotatable bonds is 5. The van der Waals surface area contributed by atoms with Crippen molar-refractivity contribution in [3.63, 3.8) is 0 Å². The van der Waals surface area contributed by atoms with Crippen LogP contribution in [0.2, 0.25) is 0 Å². The van der Waals surface area contributed by atoms with E-state index in [-0.39, 0.29) is 6.04 Å². The van der Waals surface area contributed by atoms with E-state index in [0.717, 1.165) is 15.6 Å². The number of hydrazine groups is 1. The van der Waals surface area contributed by atoms with Gasteiger partial charge in [0.2, 0.25) is 0 Å². The molecule has 0 bridgehead atoms. The lowest BCUT2D eigenvalue weighted by molar-refractivity contribution is 0.397. The Balaban J connectivity index is 2.25. The van der Waals surface area contributed by atoms with Crippen LogP contribution in [0.25, 0.3) is 0 Å². The second-order valence-corrected chi connectivity index (χ2v) is 4.97. The Morgan fingerprint density at radius 3 is 2.89 bits per heavy atom. The molecule has 0 aromatic carbocycles. The zero-order chi connectivity index (χ0) is 13.7. The second-order valence-electron chi connectivity index (χ2n) is 4.05. The zero-order valence-corrected chi connectivity index (χ0v) is 12.1. The Hall–Kier alpha value is -1.50. The average Bonchev–Trinajstić information content (AvgIpc) is 2.45. The van der Waals surface area contributed by atoms with Crippen LogP contribution in [0.3, 0.4) is 0 Å². The van der Waals surface area contributed by atoms with Gasteiger partial charge in [-0.05, 0) is 40.0 Å². The number of nitrogens with zero attached hydrogens (tertiary/aromatic N) is 2. The second kappa shape index (κ2) is 6.60. The number of nitrogens with one attached hydrogen (secondary N) is 1. The maximum atomic E-state index is 5.66. The minimum Gasteiger partial charge on any atom is -0.495 e. The summed E-state index contributed by atoms with van der Waals surface area (Å²) in [6.07, 6.45) is 7.69. The van der Waals surface area contributed by atoms with Gasteiger partial charge in [0.1, 0.15) is 5.75 Å². The maximum absolute atomic E-state index is 5.66. The number of hydrogen-bond donors (Lipinski definition) is 2. The molecular weight excluding hydrogens is 308 g/mol. The summed E-state index contributed by atoms with van der Waals surface area (Å²) in [5.41, 5.74) is 4.86. The summed E-state index contributed by atoms with van der Waals surface area (Å²) in [5.74, 6) is 6.37. The molecule has 6 heteroatoms. The molecule has 0 amide bonds. The summed E-state index contributed by atoms with van der Waals surface area (Å²) >= 11 is 3.41. The van der Waals surface area contributed by atoms with Gasteiger partial charge >= 0.3 is 0 Å². The van der Waals surface area contributed by atoms with E-state index in [9.17, 15) is 0 Å². The van der Waals surface area contributed by atoms with Crippen LogP contribution in [0.1, 0.15) is 17.2 Å². The molecule has 3 N–H and O–H groups in total. The van der Waals surface area contributed by atoms with E-state index < -0.39 is 0 Å². The lowest BCUT2D eigenvalue weighted by atomic mass is 10.0. The zero-order valence-electron chi connectivity index (χ0n) is 10.5. The first kappa shape index (κ1) is 13.9. The SMILES string of the molecule is COc1cnccc1C(Cc1cncc(Br)c1)NN. The lowest BCUT2D eigenvalue weighted by Crippen LogP contribution is -2.30. The minimum absolute atomic E-state index is 0.0611. The van der Waals surface area contributed by atoms with Gasteiger partial charge in [0, 0.05) is 28.6 Å². The predicted molar refractivity (Wildman–Crippen MR) is 76.5 cm³/mol. The van der Waals surface area contributed by atoms with E-state index in [2.05, 4.69) is 31.3 Å². The molecule has 0 aliphatic rings.